The van der Waals surface area contributed by atoms with E-state index < -0.39 is 23.1 Å². The number of aliphatic carboxylic acids is 1. The van der Waals surface area contributed by atoms with Gasteiger partial charge in [0.2, 0.25) is 5.43 Å². The highest BCUT2D eigenvalue weighted by atomic mass is 16.4. The van der Waals surface area contributed by atoms with Gasteiger partial charge in [-0.2, -0.15) is 0 Å². The Labute approximate surface area is 79.6 Å². The standard InChI is InChI=1S/C9H10O5/c1-5(9(12)13)2-6-3-7(10)8(11)4-14-6/h3-5,11H,2H2,1H3,(H,12,13). The molecule has 0 amide bonds. The minimum absolute atomic E-state index is 0.130. The number of carboxylic acids is 1. The highest BCUT2D eigenvalue weighted by Gasteiger charge is 2.13. The van der Waals surface area contributed by atoms with Gasteiger partial charge in [0.15, 0.2) is 5.75 Å². The van der Waals surface area contributed by atoms with E-state index >= 15 is 0 Å². The van der Waals surface area contributed by atoms with Gasteiger partial charge in [0.1, 0.15) is 12.0 Å². The molecule has 0 fully saturated rings. The average Bonchev–Trinajstić information content (AvgIpc) is 2.11. The fourth-order valence-electron chi connectivity index (χ4n) is 0.940. The zero-order valence-corrected chi connectivity index (χ0v) is 7.56. The molecule has 0 saturated carbocycles. The summed E-state index contributed by atoms with van der Waals surface area (Å²) in [5, 5.41) is 17.5. The van der Waals surface area contributed by atoms with Gasteiger partial charge < -0.3 is 14.6 Å². The summed E-state index contributed by atoms with van der Waals surface area (Å²) in [5.41, 5.74) is -0.566. The van der Waals surface area contributed by atoms with Gasteiger partial charge in [-0.15, -0.1) is 0 Å². The molecule has 1 heterocycles. The first-order valence-electron chi connectivity index (χ1n) is 4.04. The van der Waals surface area contributed by atoms with Crippen LogP contribution in [0.15, 0.2) is 21.5 Å². The van der Waals surface area contributed by atoms with E-state index in [2.05, 4.69) is 0 Å². The zero-order chi connectivity index (χ0) is 10.7. The third kappa shape index (κ3) is 2.35. The molecule has 0 spiro atoms. The predicted molar refractivity (Wildman–Crippen MR) is 47.1 cm³/mol. The Morgan fingerprint density at radius 1 is 1.64 bits per heavy atom. The summed E-state index contributed by atoms with van der Waals surface area (Å²) in [5.74, 6) is -1.80. The molecule has 1 aromatic rings. The monoisotopic (exact) mass is 198 g/mol. The van der Waals surface area contributed by atoms with Gasteiger partial charge in [-0.1, -0.05) is 6.92 Å². The maximum Gasteiger partial charge on any atom is 0.306 e. The maximum atomic E-state index is 10.9. The second-order valence-corrected chi connectivity index (χ2v) is 3.04. The third-order valence-corrected chi connectivity index (χ3v) is 1.80. The van der Waals surface area contributed by atoms with Crippen molar-refractivity contribution in [3.63, 3.8) is 0 Å². The van der Waals surface area contributed by atoms with Crippen LogP contribution in [0, 0.1) is 5.92 Å². The molecule has 1 atom stereocenters. The largest absolute Gasteiger partial charge is 0.502 e. The van der Waals surface area contributed by atoms with Gasteiger partial charge in [0.25, 0.3) is 0 Å². The van der Waals surface area contributed by atoms with E-state index in [-0.39, 0.29) is 12.2 Å². The summed E-state index contributed by atoms with van der Waals surface area (Å²) in [6, 6.07) is 1.09. The molecule has 1 unspecified atom stereocenters. The van der Waals surface area contributed by atoms with Crippen molar-refractivity contribution >= 4 is 5.97 Å². The molecule has 0 bridgehead atoms. The van der Waals surface area contributed by atoms with Crippen molar-refractivity contribution in [3.8, 4) is 5.75 Å². The molecule has 1 rings (SSSR count). The van der Waals surface area contributed by atoms with Crippen LogP contribution in [0.1, 0.15) is 12.7 Å². The summed E-state index contributed by atoms with van der Waals surface area (Å²) in [6.45, 7) is 1.51. The molecule has 14 heavy (non-hydrogen) atoms. The molecule has 0 radical (unpaired) electrons. The van der Waals surface area contributed by atoms with Crippen LogP contribution in [0.25, 0.3) is 0 Å². The fourth-order valence-corrected chi connectivity index (χ4v) is 0.940. The highest BCUT2D eigenvalue weighted by molar-refractivity contribution is 5.69. The topological polar surface area (TPSA) is 87.7 Å². The molecular formula is C9H10O5. The second kappa shape index (κ2) is 3.95. The average molecular weight is 198 g/mol. The lowest BCUT2D eigenvalue weighted by molar-refractivity contribution is -0.141. The van der Waals surface area contributed by atoms with Crippen molar-refractivity contribution < 1.29 is 19.4 Å². The van der Waals surface area contributed by atoms with Gasteiger partial charge in [0.05, 0.1) is 5.92 Å². The van der Waals surface area contributed by atoms with E-state index in [0.29, 0.717) is 0 Å². The van der Waals surface area contributed by atoms with Crippen LogP contribution in [0.3, 0.4) is 0 Å². The molecule has 0 aliphatic heterocycles. The lowest BCUT2D eigenvalue weighted by Gasteiger charge is -2.04. The van der Waals surface area contributed by atoms with Crippen molar-refractivity contribution in [2.75, 3.05) is 0 Å². The number of carboxylic acid groups (broad SMARTS) is 1. The van der Waals surface area contributed by atoms with Crippen LogP contribution < -0.4 is 5.43 Å². The molecule has 2 N–H and O–H groups in total. The molecule has 76 valence electrons. The summed E-state index contributed by atoms with van der Waals surface area (Å²) in [4.78, 5) is 21.4. The van der Waals surface area contributed by atoms with Gasteiger partial charge in [-0.3, -0.25) is 9.59 Å². The lowest BCUT2D eigenvalue weighted by atomic mass is 10.1. The second-order valence-electron chi connectivity index (χ2n) is 3.04. The fraction of sp³-hybridized carbons (Fsp3) is 0.333. The van der Waals surface area contributed by atoms with Crippen molar-refractivity contribution in [1.82, 2.24) is 0 Å². The Morgan fingerprint density at radius 2 is 2.29 bits per heavy atom. The van der Waals surface area contributed by atoms with Gasteiger partial charge in [-0.05, 0) is 0 Å². The van der Waals surface area contributed by atoms with Crippen LogP contribution in [-0.2, 0) is 11.2 Å². The smallest absolute Gasteiger partial charge is 0.306 e. The summed E-state index contributed by atoms with van der Waals surface area (Å²) in [7, 11) is 0. The molecule has 5 heteroatoms. The number of rotatable bonds is 3. The highest BCUT2D eigenvalue weighted by Crippen LogP contribution is 2.09. The van der Waals surface area contributed by atoms with E-state index in [1.54, 1.807) is 0 Å². The Morgan fingerprint density at radius 3 is 2.79 bits per heavy atom. The van der Waals surface area contributed by atoms with Crippen molar-refractivity contribution in [1.29, 1.82) is 0 Å². The predicted octanol–water partition coefficient (Wildman–Crippen LogP) is 0.609. The number of carbonyl (C=O) groups is 1. The molecule has 0 aliphatic rings. The first kappa shape index (κ1) is 10.3. The molecule has 0 aromatic carbocycles. The number of aromatic hydroxyl groups is 1. The van der Waals surface area contributed by atoms with E-state index in [9.17, 15) is 9.59 Å². The first-order valence-corrected chi connectivity index (χ1v) is 4.04. The molecule has 1 aromatic heterocycles. The Bertz CT molecular complexity index is 392. The normalized spacial score (nSPS) is 12.4. The van der Waals surface area contributed by atoms with Crippen LogP contribution in [0.5, 0.6) is 5.75 Å². The minimum Gasteiger partial charge on any atom is -0.502 e. The first-order chi connectivity index (χ1) is 6.50. The number of hydrogen-bond donors (Lipinski definition) is 2. The third-order valence-electron chi connectivity index (χ3n) is 1.80. The lowest BCUT2D eigenvalue weighted by Crippen LogP contribution is -2.13. The van der Waals surface area contributed by atoms with Crippen LogP contribution >= 0.6 is 0 Å². The Kier molecular flexibility index (Phi) is 2.91. The zero-order valence-electron chi connectivity index (χ0n) is 7.56. The molecular weight excluding hydrogens is 188 g/mol. The van der Waals surface area contributed by atoms with Crippen molar-refractivity contribution in [3.05, 3.63) is 28.3 Å². The molecule has 0 saturated heterocycles. The van der Waals surface area contributed by atoms with E-state index in [4.69, 9.17) is 14.6 Å². The number of hydrogen-bond acceptors (Lipinski definition) is 4. The van der Waals surface area contributed by atoms with Gasteiger partial charge in [-0.25, -0.2) is 0 Å². The quantitative estimate of drug-likeness (QED) is 0.742. The summed E-state index contributed by atoms with van der Waals surface area (Å²) >= 11 is 0. The minimum atomic E-state index is -0.958. The maximum absolute atomic E-state index is 10.9. The Hall–Kier alpha value is -1.78. The Balaban J connectivity index is 2.83. The molecule has 0 aliphatic carbocycles. The van der Waals surface area contributed by atoms with Crippen LogP contribution in [-0.4, -0.2) is 16.2 Å². The van der Waals surface area contributed by atoms with Crippen LogP contribution in [0.4, 0.5) is 0 Å². The van der Waals surface area contributed by atoms with Crippen LogP contribution in [0.2, 0.25) is 0 Å². The summed E-state index contributed by atoms with van der Waals surface area (Å²) < 4.78 is 4.85. The van der Waals surface area contributed by atoms with E-state index in [1.807, 2.05) is 0 Å². The van der Waals surface area contributed by atoms with E-state index in [0.717, 1.165) is 12.3 Å². The van der Waals surface area contributed by atoms with Crippen molar-refractivity contribution in [2.24, 2.45) is 5.92 Å². The molecule has 5 nitrogen and oxygen atoms in total. The SMILES string of the molecule is CC(Cc1cc(=O)c(O)co1)C(=O)O. The van der Waals surface area contributed by atoms with Gasteiger partial charge in [0, 0.05) is 12.5 Å². The van der Waals surface area contributed by atoms with E-state index in [1.165, 1.54) is 6.92 Å². The van der Waals surface area contributed by atoms with Crippen molar-refractivity contribution in [2.45, 2.75) is 13.3 Å². The van der Waals surface area contributed by atoms with Gasteiger partial charge >= 0.3 is 5.97 Å². The summed E-state index contributed by atoms with van der Waals surface area (Å²) in [6.07, 6.45) is 1.04.